The van der Waals surface area contributed by atoms with Crippen LogP contribution in [0.3, 0.4) is 0 Å². The monoisotopic (exact) mass is 193 g/mol. The summed E-state index contributed by atoms with van der Waals surface area (Å²) in [4.78, 5) is 17.0. The molecule has 4 heteroatoms. The summed E-state index contributed by atoms with van der Waals surface area (Å²) in [5.74, 6) is -0.679. The smallest absolute Gasteiger partial charge is 0.226 e. The maximum Gasteiger partial charge on any atom is 0.226 e. The highest BCUT2D eigenvalue weighted by Gasteiger charge is 2.12. The molecule has 0 saturated carbocycles. The number of amides is 1. The van der Waals surface area contributed by atoms with Crippen molar-refractivity contribution in [3.63, 3.8) is 0 Å². The van der Waals surface area contributed by atoms with Crippen LogP contribution in [0.5, 0.6) is 0 Å². The first-order chi connectivity index (χ1) is 6.52. The van der Waals surface area contributed by atoms with Gasteiger partial charge in [0, 0.05) is 14.1 Å². The first kappa shape index (κ1) is 10.5. The lowest BCUT2D eigenvalue weighted by molar-refractivity contribution is -0.119. The van der Waals surface area contributed by atoms with Gasteiger partial charge in [-0.25, -0.2) is 0 Å². The minimum atomic E-state index is -0.352. The van der Waals surface area contributed by atoms with E-state index in [9.17, 15) is 4.79 Å². The summed E-state index contributed by atoms with van der Waals surface area (Å²) in [5.41, 5.74) is 6.89. The van der Waals surface area contributed by atoms with Crippen LogP contribution in [0.15, 0.2) is 18.3 Å². The van der Waals surface area contributed by atoms with E-state index >= 15 is 0 Å². The fourth-order valence-corrected chi connectivity index (χ4v) is 1.06. The number of aromatic nitrogens is 1. The van der Waals surface area contributed by atoms with Gasteiger partial charge in [-0.3, -0.25) is 9.78 Å². The molecule has 0 aliphatic heterocycles. The van der Waals surface area contributed by atoms with Gasteiger partial charge in [-0.15, -0.1) is 0 Å². The average Bonchev–Trinajstić information content (AvgIpc) is 2.16. The van der Waals surface area contributed by atoms with E-state index in [1.165, 1.54) is 0 Å². The van der Waals surface area contributed by atoms with Crippen molar-refractivity contribution in [1.29, 1.82) is 0 Å². The molecule has 76 valence electrons. The van der Waals surface area contributed by atoms with Crippen LogP contribution in [-0.2, 0) is 4.79 Å². The molecular formula is C10H15N3O. The Morgan fingerprint density at radius 1 is 1.50 bits per heavy atom. The van der Waals surface area contributed by atoms with Gasteiger partial charge in [0.25, 0.3) is 0 Å². The SMILES string of the molecule is CC(C(N)=O)c1ccc(N(C)C)cn1. The lowest BCUT2D eigenvalue weighted by atomic mass is 10.1. The van der Waals surface area contributed by atoms with Gasteiger partial charge in [-0.2, -0.15) is 0 Å². The zero-order valence-corrected chi connectivity index (χ0v) is 8.69. The van der Waals surface area contributed by atoms with Crippen LogP contribution in [0.4, 0.5) is 5.69 Å². The third-order valence-corrected chi connectivity index (χ3v) is 2.16. The Bertz CT molecular complexity index is 319. The van der Waals surface area contributed by atoms with Crippen LogP contribution in [-0.4, -0.2) is 25.0 Å². The molecule has 1 unspecified atom stereocenters. The van der Waals surface area contributed by atoms with Crippen LogP contribution in [0.1, 0.15) is 18.5 Å². The van der Waals surface area contributed by atoms with E-state index in [4.69, 9.17) is 5.73 Å². The van der Waals surface area contributed by atoms with Gasteiger partial charge in [-0.1, -0.05) is 0 Å². The summed E-state index contributed by atoms with van der Waals surface area (Å²) >= 11 is 0. The van der Waals surface area contributed by atoms with Crippen LogP contribution in [0.25, 0.3) is 0 Å². The van der Waals surface area contributed by atoms with E-state index in [0.29, 0.717) is 5.69 Å². The largest absolute Gasteiger partial charge is 0.376 e. The van der Waals surface area contributed by atoms with Gasteiger partial charge in [0.05, 0.1) is 23.5 Å². The molecule has 0 bridgehead atoms. The highest BCUT2D eigenvalue weighted by atomic mass is 16.1. The number of hydrogen-bond acceptors (Lipinski definition) is 3. The highest BCUT2D eigenvalue weighted by Crippen LogP contribution is 2.15. The predicted octanol–water partition coefficient (Wildman–Crippen LogP) is 0.736. The summed E-state index contributed by atoms with van der Waals surface area (Å²) in [7, 11) is 3.88. The molecule has 14 heavy (non-hydrogen) atoms. The van der Waals surface area contributed by atoms with Crippen molar-refractivity contribution in [2.24, 2.45) is 5.73 Å². The van der Waals surface area contributed by atoms with Gasteiger partial charge in [0.2, 0.25) is 5.91 Å². The maximum atomic E-state index is 10.9. The second-order valence-corrected chi connectivity index (χ2v) is 3.46. The standard InChI is InChI=1S/C10H15N3O/c1-7(10(11)14)9-5-4-8(6-12-9)13(2)3/h4-7H,1-3H3,(H2,11,14). The molecule has 0 radical (unpaired) electrons. The summed E-state index contributed by atoms with van der Waals surface area (Å²) in [5, 5.41) is 0. The van der Waals surface area contributed by atoms with Crippen molar-refractivity contribution in [2.45, 2.75) is 12.8 Å². The molecule has 1 aromatic rings. The van der Waals surface area contributed by atoms with Crippen LogP contribution in [0, 0.1) is 0 Å². The molecule has 0 saturated heterocycles. The number of nitrogens with zero attached hydrogens (tertiary/aromatic N) is 2. The molecular weight excluding hydrogens is 178 g/mol. The summed E-state index contributed by atoms with van der Waals surface area (Å²) in [6.45, 7) is 1.75. The van der Waals surface area contributed by atoms with E-state index in [1.54, 1.807) is 13.1 Å². The third kappa shape index (κ3) is 2.22. The molecule has 1 amide bonds. The van der Waals surface area contributed by atoms with Gasteiger partial charge in [-0.05, 0) is 19.1 Å². The number of carbonyl (C=O) groups excluding carboxylic acids is 1. The Balaban J connectivity index is 2.88. The third-order valence-electron chi connectivity index (χ3n) is 2.16. The van der Waals surface area contributed by atoms with Crippen LogP contribution >= 0.6 is 0 Å². The number of anilines is 1. The van der Waals surface area contributed by atoms with Crippen molar-refractivity contribution >= 4 is 11.6 Å². The Morgan fingerprint density at radius 2 is 2.14 bits per heavy atom. The maximum absolute atomic E-state index is 10.9. The van der Waals surface area contributed by atoms with E-state index in [1.807, 2.05) is 31.1 Å². The minimum absolute atomic E-state index is 0.328. The Morgan fingerprint density at radius 3 is 2.50 bits per heavy atom. The Labute approximate surface area is 83.7 Å². The fourth-order valence-electron chi connectivity index (χ4n) is 1.06. The zero-order chi connectivity index (χ0) is 10.7. The Hall–Kier alpha value is -1.58. The molecule has 2 N–H and O–H groups in total. The summed E-state index contributed by atoms with van der Waals surface area (Å²) in [6.07, 6.45) is 1.73. The van der Waals surface area contributed by atoms with Crippen LogP contribution in [0.2, 0.25) is 0 Å². The van der Waals surface area contributed by atoms with E-state index in [0.717, 1.165) is 5.69 Å². The Kier molecular flexibility index (Phi) is 3.06. The average molecular weight is 193 g/mol. The first-order valence-electron chi connectivity index (χ1n) is 4.45. The van der Waals surface area contributed by atoms with E-state index in [-0.39, 0.29) is 11.8 Å². The molecule has 4 nitrogen and oxygen atoms in total. The molecule has 0 aromatic carbocycles. The number of nitrogens with two attached hydrogens (primary N) is 1. The van der Waals surface area contributed by atoms with Gasteiger partial charge < -0.3 is 10.6 Å². The van der Waals surface area contributed by atoms with E-state index in [2.05, 4.69) is 4.98 Å². The topological polar surface area (TPSA) is 59.2 Å². The molecule has 0 aliphatic rings. The van der Waals surface area contributed by atoms with Crippen molar-refractivity contribution in [1.82, 2.24) is 4.98 Å². The number of hydrogen-bond donors (Lipinski definition) is 1. The second-order valence-electron chi connectivity index (χ2n) is 3.46. The molecule has 1 rings (SSSR count). The van der Waals surface area contributed by atoms with E-state index < -0.39 is 0 Å². The molecule has 1 heterocycles. The number of rotatable bonds is 3. The molecule has 0 spiro atoms. The molecule has 0 fully saturated rings. The van der Waals surface area contributed by atoms with Gasteiger partial charge in [0.15, 0.2) is 0 Å². The lowest BCUT2D eigenvalue weighted by Crippen LogP contribution is -2.19. The van der Waals surface area contributed by atoms with Gasteiger partial charge in [0.1, 0.15) is 0 Å². The van der Waals surface area contributed by atoms with Crippen molar-refractivity contribution < 1.29 is 4.79 Å². The summed E-state index contributed by atoms with van der Waals surface area (Å²) in [6, 6.07) is 3.74. The van der Waals surface area contributed by atoms with Crippen LogP contribution < -0.4 is 10.6 Å². The van der Waals surface area contributed by atoms with Gasteiger partial charge >= 0.3 is 0 Å². The molecule has 1 atom stereocenters. The molecule has 1 aromatic heterocycles. The lowest BCUT2D eigenvalue weighted by Gasteiger charge is -2.13. The normalized spacial score (nSPS) is 12.2. The minimum Gasteiger partial charge on any atom is -0.376 e. The second kappa shape index (κ2) is 4.09. The fraction of sp³-hybridized carbons (Fsp3) is 0.400. The quantitative estimate of drug-likeness (QED) is 0.770. The number of pyridine rings is 1. The number of primary amides is 1. The predicted molar refractivity (Wildman–Crippen MR) is 56.2 cm³/mol. The summed E-state index contributed by atoms with van der Waals surface area (Å²) < 4.78 is 0. The number of carbonyl (C=O) groups is 1. The highest BCUT2D eigenvalue weighted by molar-refractivity contribution is 5.80. The van der Waals surface area contributed by atoms with Crippen molar-refractivity contribution in [2.75, 3.05) is 19.0 Å². The molecule has 0 aliphatic carbocycles. The zero-order valence-electron chi connectivity index (χ0n) is 8.69. The van der Waals surface area contributed by atoms with Crippen molar-refractivity contribution in [3.8, 4) is 0 Å². The first-order valence-corrected chi connectivity index (χ1v) is 4.45. The van der Waals surface area contributed by atoms with Crippen molar-refractivity contribution in [3.05, 3.63) is 24.0 Å².